The number of hydrogen-bond acceptors (Lipinski definition) is 4. The van der Waals surface area contributed by atoms with Crippen LogP contribution in [0.2, 0.25) is 10.0 Å². The molecule has 2 aromatic heterocycles. The number of hydrogen-bond donors (Lipinski definition) is 0. The van der Waals surface area contributed by atoms with Crippen molar-refractivity contribution in [1.29, 1.82) is 5.26 Å². The maximum Gasteiger partial charge on any atom is 0.234 e. The Morgan fingerprint density at radius 2 is 1.78 bits per heavy atom. The SMILES string of the molecule is N#Cc1nc(Cc2ccc(Cl)c(Cl)c2)c2ncn(Cc3ccccc3)c2n1. The molecular weight excluding hydrogens is 381 g/mol. The summed E-state index contributed by atoms with van der Waals surface area (Å²) in [7, 11) is 0. The fourth-order valence-electron chi connectivity index (χ4n) is 2.91. The van der Waals surface area contributed by atoms with Crippen LogP contribution >= 0.6 is 23.2 Å². The van der Waals surface area contributed by atoms with Gasteiger partial charge in [-0.25, -0.2) is 9.97 Å². The van der Waals surface area contributed by atoms with Gasteiger partial charge in [-0.05, 0) is 23.3 Å². The highest BCUT2D eigenvalue weighted by Gasteiger charge is 2.14. The van der Waals surface area contributed by atoms with E-state index in [2.05, 4.69) is 15.0 Å². The predicted octanol–water partition coefficient (Wildman–Crippen LogP) is 4.64. The minimum Gasteiger partial charge on any atom is -0.311 e. The summed E-state index contributed by atoms with van der Waals surface area (Å²) < 4.78 is 1.92. The molecule has 0 fully saturated rings. The van der Waals surface area contributed by atoms with Gasteiger partial charge in [-0.15, -0.1) is 0 Å². The molecule has 0 spiro atoms. The van der Waals surface area contributed by atoms with Crippen LogP contribution in [0.15, 0.2) is 54.9 Å². The molecule has 0 aliphatic carbocycles. The molecule has 2 aromatic carbocycles. The van der Waals surface area contributed by atoms with Gasteiger partial charge in [0.05, 0.1) is 28.6 Å². The summed E-state index contributed by atoms with van der Waals surface area (Å²) in [5.74, 6) is 0.118. The minimum atomic E-state index is 0.118. The molecule has 7 heteroatoms. The van der Waals surface area contributed by atoms with Crippen LogP contribution in [-0.2, 0) is 13.0 Å². The number of imidazole rings is 1. The Bertz CT molecular complexity index is 1160. The third kappa shape index (κ3) is 3.63. The number of aromatic nitrogens is 4. The van der Waals surface area contributed by atoms with Crippen LogP contribution in [0.4, 0.5) is 0 Å². The number of fused-ring (bicyclic) bond motifs is 1. The smallest absolute Gasteiger partial charge is 0.234 e. The summed E-state index contributed by atoms with van der Waals surface area (Å²) in [6, 6.07) is 17.5. The molecule has 132 valence electrons. The van der Waals surface area contributed by atoms with Gasteiger partial charge in [0.25, 0.3) is 0 Å². The zero-order valence-corrected chi connectivity index (χ0v) is 15.6. The van der Waals surface area contributed by atoms with Crippen molar-refractivity contribution in [2.45, 2.75) is 13.0 Å². The molecule has 0 unspecified atom stereocenters. The lowest BCUT2D eigenvalue weighted by Gasteiger charge is -2.07. The summed E-state index contributed by atoms with van der Waals surface area (Å²) >= 11 is 12.1. The van der Waals surface area contributed by atoms with E-state index in [-0.39, 0.29) is 5.82 Å². The van der Waals surface area contributed by atoms with Crippen molar-refractivity contribution in [3.05, 3.63) is 87.5 Å². The Labute approximate surface area is 165 Å². The third-order valence-corrected chi connectivity index (χ3v) is 4.93. The van der Waals surface area contributed by atoms with E-state index in [0.29, 0.717) is 39.9 Å². The molecule has 4 rings (SSSR count). The number of rotatable bonds is 4. The lowest BCUT2D eigenvalue weighted by Crippen LogP contribution is -2.04. The van der Waals surface area contributed by atoms with Crippen molar-refractivity contribution < 1.29 is 0 Å². The fourth-order valence-corrected chi connectivity index (χ4v) is 3.24. The third-order valence-electron chi connectivity index (χ3n) is 4.19. The predicted molar refractivity (Wildman–Crippen MR) is 105 cm³/mol. The Morgan fingerprint density at radius 1 is 0.963 bits per heavy atom. The van der Waals surface area contributed by atoms with E-state index in [4.69, 9.17) is 23.2 Å². The van der Waals surface area contributed by atoms with Crippen molar-refractivity contribution in [3.63, 3.8) is 0 Å². The van der Waals surface area contributed by atoms with Gasteiger partial charge < -0.3 is 4.57 Å². The van der Waals surface area contributed by atoms with Gasteiger partial charge in [0.1, 0.15) is 11.6 Å². The van der Waals surface area contributed by atoms with E-state index in [1.54, 1.807) is 18.5 Å². The van der Waals surface area contributed by atoms with Crippen molar-refractivity contribution in [3.8, 4) is 6.07 Å². The van der Waals surface area contributed by atoms with Crippen LogP contribution in [-0.4, -0.2) is 19.5 Å². The van der Waals surface area contributed by atoms with E-state index < -0.39 is 0 Å². The van der Waals surface area contributed by atoms with Gasteiger partial charge in [-0.2, -0.15) is 10.2 Å². The van der Waals surface area contributed by atoms with E-state index in [1.807, 2.05) is 47.0 Å². The first-order valence-electron chi connectivity index (χ1n) is 8.24. The molecule has 0 bridgehead atoms. The molecule has 2 heterocycles. The van der Waals surface area contributed by atoms with E-state index in [1.165, 1.54) is 0 Å². The maximum atomic E-state index is 9.34. The van der Waals surface area contributed by atoms with E-state index in [0.717, 1.165) is 11.1 Å². The van der Waals surface area contributed by atoms with Crippen LogP contribution in [0.25, 0.3) is 11.2 Å². The molecule has 0 saturated carbocycles. The second kappa shape index (κ2) is 7.36. The van der Waals surface area contributed by atoms with E-state index >= 15 is 0 Å². The second-order valence-electron chi connectivity index (χ2n) is 6.06. The summed E-state index contributed by atoms with van der Waals surface area (Å²) in [6.07, 6.45) is 2.21. The fraction of sp³-hybridized carbons (Fsp3) is 0.100. The lowest BCUT2D eigenvalue weighted by molar-refractivity contribution is 0.811. The van der Waals surface area contributed by atoms with Gasteiger partial charge in [-0.1, -0.05) is 59.6 Å². The van der Waals surface area contributed by atoms with Crippen LogP contribution < -0.4 is 0 Å². The molecule has 0 aliphatic heterocycles. The molecule has 0 aliphatic rings. The van der Waals surface area contributed by atoms with Gasteiger partial charge in [-0.3, -0.25) is 0 Å². The minimum absolute atomic E-state index is 0.118. The lowest BCUT2D eigenvalue weighted by atomic mass is 10.1. The monoisotopic (exact) mass is 393 g/mol. The molecule has 0 radical (unpaired) electrons. The zero-order chi connectivity index (χ0) is 18.8. The maximum absolute atomic E-state index is 9.34. The second-order valence-corrected chi connectivity index (χ2v) is 6.88. The van der Waals surface area contributed by atoms with Crippen LogP contribution in [0.1, 0.15) is 22.6 Å². The molecule has 5 nitrogen and oxygen atoms in total. The molecule has 0 atom stereocenters. The summed E-state index contributed by atoms with van der Waals surface area (Å²) in [4.78, 5) is 13.2. The van der Waals surface area contributed by atoms with Gasteiger partial charge in [0.2, 0.25) is 5.82 Å². The van der Waals surface area contributed by atoms with E-state index in [9.17, 15) is 5.26 Å². The quantitative estimate of drug-likeness (QED) is 0.506. The first kappa shape index (κ1) is 17.5. The molecule has 0 saturated heterocycles. The normalized spacial score (nSPS) is 10.9. The highest BCUT2D eigenvalue weighted by atomic mass is 35.5. The summed E-state index contributed by atoms with van der Waals surface area (Å²) in [6.45, 7) is 0.617. The topological polar surface area (TPSA) is 67.4 Å². The van der Waals surface area contributed by atoms with Gasteiger partial charge in [0.15, 0.2) is 5.65 Å². The Balaban J connectivity index is 1.76. The van der Waals surface area contributed by atoms with Gasteiger partial charge >= 0.3 is 0 Å². The molecule has 0 N–H and O–H groups in total. The standard InChI is InChI=1S/C20H13Cl2N5/c21-15-7-6-14(8-16(15)22)9-17-19-20(26-18(10-23)25-17)27(12-24-19)11-13-4-2-1-3-5-13/h1-8,12H,9,11H2. The molecule has 27 heavy (non-hydrogen) atoms. The highest BCUT2D eigenvalue weighted by molar-refractivity contribution is 6.42. The Morgan fingerprint density at radius 3 is 2.52 bits per heavy atom. The number of nitriles is 1. The Kier molecular flexibility index (Phi) is 4.76. The summed E-state index contributed by atoms with van der Waals surface area (Å²) in [5.41, 5.74) is 4.06. The highest BCUT2D eigenvalue weighted by Crippen LogP contribution is 2.25. The first-order chi connectivity index (χ1) is 13.1. The van der Waals surface area contributed by atoms with Crippen molar-refractivity contribution in [2.75, 3.05) is 0 Å². The first-order valence-corrected chi connectivity index (χ1v) is 8.99. The van der Waals surface area contributed by atoms with Crippen molar-refractivity contribution >= 4 is 34.4 Å². The summed E-state index contributed by atoms with van der Waals surface area (Å²) in [5, 5.41) is 10.3. The average molecular weight is 394 g/mol. The Hall–Kier alpha value is -2.94. The molecular formula is C20H13Cl2N5. The number of halogens is 2. The largest absolute Gasteiger partial charge is 0.311 e. The van der Waals surface area contributed by atoms with Crippen LogP contribution in [0.5, 0.6) is 0 Å². The van der Waals surface area contributed by atoms with Crippen molar-refractivity contribution in [1.82, 2.24) is 19.5 Å². The van der Waals surface area contributed by atoms with Gasteiger partial charge in [0, 0.05) is 6.42 Å². The average Bonchev–Trinajstić information content (AvgIpc) is 3.08. The number of benzene rings is 2. The molecule has 4 aromatic rings. The van der Waals surface area contributed by atoms with Crippen molar-refractivity contribution in [2.24, 2.45) is 0 Å². The zero-order valence-electron chi connectivity index (χ0n) is 14.1. The number of nitrogens with zero attached hydrogens (tertiary/aromatic N) is 5. The van der Waals surface area contributed by atoms with Crippen LogP contribution in [0, 0.1) is 11.3 Å². The molecule has 0 amide bonds. The van der Waals surface area contributed by atoms with Crippen LogP contribution in [0.3, 0.4) is 0 Å².